The summed E-state index contributed by atoms with van der Waals surface area (Å²) in [6, 6.07) is 21.6. The number of halogens is 1. The van der Waals surface area contributed by atoms with Crippen molar-refractivity contribution in [1.82, 2.24) is 20.9 Å². The molecule has 3 aromatic carbocycles. The van der Waals surface area contributed by atoms with Crippen LogP contribution in [-0.4, -0.2) is 62.0 Å². The lowest BCUT2D eigenvalue weighted by Gasteiger charge is -2.28. The van der Waals surface area contributed by atoms with Crippen LogP contribution in [-0.2, 0) is 4.79 Å². The Morgan fingerprint density at radius 3 is 2.32 bits per heavy atom. The average molecular weight is 537 g/mol. The van der Waals surface area contributed by atoms with Gasteiger partial charge in [0.15, 0.2) is 0 Å². The van der Waals surface area contributed by atoms with Crippen molar-refractivity contribution in [3.63, 3.8) is 0 Å². The molecule has 0 spiro atoms. The van der Waals surface area contributed by atoms with Crippen molar-refractivity contribution in [2.24, 2.45) is 0 Å². The number of likely N-dealkylation sites (N-methyl/N-ethyl adjacent to an activating group) is 1. The van der Waals surface area contributed by atoms with Gasteiger partial charge in [-0.25, -0.2) is 0 Å². The molecular formula is C31H41ClN4O2. The van der Waals surface area contributed by atoms with E-state index in [2.05, 4.69) is 48.9 Å². The summed E-state index contributed by atoms with van der Waals surface area (Å²) < 4.78 is 0. The molecule has 0 unspecified atom stereocenters. The molecule has 0 radical (unpaired) electrons. The second-order valence-electron chi connectivity index (χ2n) is 10.1. The zero-order valence-electron chi connectivity index (χ0n) is 23.0. The van der Waals surface area contributed by atoms with E-state index in [-0.39, 0.29) is 23.8 Å². The van der Waals surface area contributed by atoms with Gasteiger partial charge in [-0.15, -0.1) is 0 Å². The van der Waals surface area contributed by atoms with Crippen LogP contribution < -0.4 is 16.0 Å². The molecule has 3 N–H and O–H groups in total. The Morgan fingerprint density at radius 1 is 0.895 bits per heavy atom. The molecule has 0 bridgehead atoms. The fourth-order valence-corrected chi connectivity index (χ4v) is 4.77. The van der Waals surface area contributed by atoms with E-state index >= 15 is 0 Å². The van der Waals surface area contributed by atoms with Crippen molar-refractivity contribution in [3.8, 4) is 0 Å². The first-order valence-electron chi connectivity index (χ1n) is 13.5. The van der Waals surface area contributed by atoms with E-state index in [1.54, 1.807) is 6.07 Å². The molecule has 0 saturated carbocycles. The third-order valence-electron chi connectivity index (χ3n) is 6.78. The molecule has 0 aromatic heterocycles. The molecule has 0 saturated heterocycles. The molecule has 0 heterocycles. The molecule has 204 valence electrons. The summed E-state index contributed by atoms with van der Waals surface area (Å²) in [7, 11) is 1.88. The lowest BCUT2D eigenvalue weighted by molar-refractivity contribution is -0.132. The number of amides is 2. The van der Waals surface area contributed by atoms with Gasteiger partial charge in [-0.2, -0.15) is 0 Å². The largest absolute Gasteiger partial charge is 0.351 e. The van der Waals surface area contributed by atoms with Crippen LogP contribution in [0.2, 0.25) is 5.02 Å². The smallest absolute Gasteiger partial charge is 0.251 e. The molecule has 0 aliphatic heterocycles. The Labute approximate surface area is 232 Å². The molecule has 2 atom stereocenters. The maximum atomic E-state index is 13.4. The van der Waals surface area contributed by atoms with Crippen molar-refractivity contribution in [2.45, 2.75) is 51.6 Å². The first kappa shape index (κ1) is 29.6. The lowest BCUT2D eigenvalue weighted by atomic mass is 9.96. The van der Waals surface area contributed by atoms with Gasteiger partial charge in [-0.05, 0) is 60.0 Å². The van der Waals surface area contributed by atoms with Crippen LogP contribution in [0, 0.1) is 0 Å². The lowest BCUT2D eigenvalue weighted by Crippen LogP contribution is -2.49. The van der Waals surface area contributed by atoms with Gasteiger partial charge >= 0.3 is 0 Å². The van der Waals surface area contributed by atoms with Crippen LogP contribution in [0.1, 0.15) is 55.5 Å². The molecule has 3 rings (SSSR count). The zero-order chi connectivity index (χ0) is 27.5. The highest BCUT2D eigenvalue weighted by Crippen LogP contribution is 2.21. The molecule has 3 aromatic rings. The van der Waals surface area contributed by atoms with Crippen molar-refractivity contribution in [3.05, 3.63) is 82.9 Å². The van der Waals surface area contributed by atoms with Crippen LogP contribution in [0.4, 0.5) is 0 Å². The molecule has 38 heavy (non-hydrogen) atoms. The highest BCUT2D eigenvalue weighted by Gasteiger charge is 2.24. The summed E-state index contributed by atoms with van der Waals surface area (Å²) in [6.45, 7) is 8.67. The summed E-state index contributed by atoms with van der Waals surface area (Å²) in [5.41, 5.74) is 1.85. The first-order valence-corrected chi connectivity index (χ1v) is 13.9. The van der Waals surface area contributed by atoms with Crippen molar-refractivity contribution < 1.29 is 9.59 Å². The van der Waals surface area contributed by atoms with E-state index in [1.165, 1.54) is 5.56 Å². The minimum atomic E-state index is -0.332. The monoisotopic (exact) mass is 536 g/mol. The second kappa shape index (κ2) is 14.9. The van der Waals surface area contributed by atoms with Gasteiger partial charge in [-0.1, -0.05) is 74.8 Å². The number of nitrogens with one attached hydrogen (secondary N) is 3. The SMILES string of the molecule is CC[C@H](CN(C)C(=O)[C@H](CCNC(C)C)NCCNC(=O)c1ccc2cc(Cl)ccc2c1)c1ccccc1. The Hall–Kier alpha value is -2.93. The van der Waals surface area contributed by atoms with E-state index in [0.717, 1.165) is 23.7 Å². The highest BCUT2D eigenvalue weighted by molar-refractivity contribution is 6.31. The Morgan fingerprint density at radius 2 is 1.61 bits per heavy atom. The van der Waals surface area contributed by atoms with Gasteiger partial charge in [0, 0.05) is 49.2 Å². The van der Waals surface area contributed by atoms with Gasteiger partial charge in [0.2, 0.25) is 5.91 Å². The Kier molecular flexibility index (Phi) is 11.6. The summed E-state index contributed by atoms with van der Waals surface area (Å²) in [5.74, 6) is 0.222. The van der Waals surface area contributed by atoms with Crippen LogP contribution in [0.3, 0.4) is 0 Å². The number of nitrogens with zero attached hydrogens (tertiary/aromatic N) is 1. The van der Waals surface area contributed by atoms with Crippen molar-refractivity contribution in [1.29, 1.82) is 0 Å². The van der Waals surface area contributed by atoms with E-state index < -0.39 is 0 Å². The fourth-order valence-electron chi connectivity index (χ4n) is 4.59. The first-order chi connectivity index (χ1) is 18.3. The van der Waals surface area contributed by atoms with Crippen LogP contribution in [0.25, 0.3) is 10.8 Å². The minimum Gasteiger partial charge on any atom is -0.351 e. The number of rotatable bonds is 14. The van der Waals surface area contributed by atoms with Crippen LogP contribution in [0.5, 0.6) is 0 Å². The number of carbonyl (C=O) groups excluding carboxylic acids is 2. The quantitative estimate of drug-likeness (QED) is 0.247. The van der Waals surface area contributed by atoms with E-state index in [0.29, 0.717) is 42.7 Å². The van der Waals surface area contributed by atoms with Crippen molar-refractivity contribution >= 4 is 34.2 Å². The van der Waals surface area contributed by atoms with Gasteiger partial charge in [0.25, 0.3) is 5.91 Å². The van der Waals surface area contributed by atoms with E-state index in [9.17, 15) is 9.59 Å². The van der Waals surface area contributed by atoms with E-state index in [1.807, 2.05) is 60.5 Å². The average Bonchev–Trinajstić information content (AvgIpc) is 2.92. The zero-order valence-corrected chi connectivity index (χ0v) is 23.7. The minimum absolute atomic E-state index is 0.0736. The Bertz CT molecular complexity index is 1180. The summed E-state index contributed by atoms with van der Waals surface area (Å²) in [4.78, 5) is 28.0. The standard InChI is InChI=1S/C31H41ClN4O2/c1-5-23(24-9-7-6-8-10-24)21-36(4)31(38)29(15-16-33-22(2)3)34-17-18-35-30(37)27-12-11-26-20-28(32)14-13-25(26)19-27/h6-14,19-20,22-23,29,33-34H,5,15-18,21H2,1-4H3,(H,35,37)/t23-,29+/m1/s1. The van der Waals surface area contributed by atoms with Gasteiger partial charge < -0.3 is 20.9 Å². The fraction of sp³-hybridized carbons (Fsp3) is 0.419. The molecule has 6 nitrogen and oxygen atoms in total. The molecule has 2 amide bonds. The molecule has 0 aliphatic carbocycles. The second-order valence-corrected chi connectivity index (χ2v) is 10.5. The molecule has 7 heteroatoms. The third-order valence-corrected chi connectivity index (χ3v) is 7.02. The predicted molar refractivity (Wildman–Crippen MR) is 158 cm³/mol. The third kappa shape index (κ3) is 8.83. The Balaban J connectivity index is 1.56. The van der Waals surface area contributed by atoms with Crippen LogP contribution in [0.15, 0.2) is 66.7 Å². The van der Waals surface area contributed by atoms with Crippen molar-refractivity contribution in [2.75, 3.05) is 33.2 Å². The molecule has 0 aliphatic rings. The number of benzene rings is 3. The van der Waals surface area contributed by atoms with Gasteiger partial charge in [-0.3, -0.25) is 9.59 Å². The topological polar surface area (TPSA) is 73.5 Å². The summed E-state index contributed by atoms with van der Waals surface area (Å²) >= 11 is 6.06. The maximum absolute atomic E-state index is 13.4. The normalized spacial score (nSPS) is 12.9. The van der Waals surface area contributed by atoms with Gasteiger partial charge in [0.05, 0.1) is 6.04 Å². The van der Waals surface area contributed by atoms with Crippen LogP contribution >= 0.6 is 11.6 Å². The van der Waals surface area contributed by atoms with E-state index in [4.69, 9.17) is 11.6 Å². The number of carbonyl (C=O) groups is 2. The number of hydrogen-bond donors (Lipinski definition) is 3. The number of hydrogen-bond acceptors (Lipinski definition) is 4. The number of fused-ring (bicyclic) bond motifs is 1. The molecule has 0 fully saturated rings. The predicted octanol–water partition coefficient (Wildman–Crippen LogP) is 5.22. The maximum Gasteiger partial charge on any atom is 0.251 e. The highest BCUT2D eigenvalue weighted by atomic mass is 35.5. The summed E-state index contributed by atoms with van der Waals surface area (Å²) in [6.07, 6.45) is 1.63. The molecular weight excluding hydrogens is 496 g/mol. The summed E-state index contributed by atoms with van der Waals surface area (Å²) in [5, 5.41) is 12.4. The van der Waals surface area contributed by atoms with Gasteiger partial charge in [0.1, 0.15) is 0 Å².